The number of halogens is 1. The predicted molar refractivity (Wildman–Crippen MR) is 79.2 cm³/mol. The zero-order valence-electron chi connectivity index (χ0n) is 11.1. The van der Waals surface area contributed by atoms with E-state index in [1.54, 1.807) is 19.5 Å². The Morgan fingerprint density at radius 3 is 2.70 bits per heavy atom. The Kier molecular flexibility index (Phi) is 3.56. The van der Waals surface area contributed by atoms with E-state index in [0.717, 1.165) is 28.2 Å². The van der Waals surface area contributed by atoms with Gasteiger partial charge in [0.25, 0.3) is 0 Å². The van der Waals surface area contributed by atoms with Gasteiger partial charge in [0.1, 0.15) is 17.1 Å². The maximum Gasteiger partial charge on any atom is 0.146 e. The van der Waals surface area contributed by atoms with Crippen molar-refractivity contribution in [2.24, 2.45) is 0 Å². The Labute approximate surface area is 122 Å². The number of nitrogens with zero attached hydrogens (tertiary/aromatic N) is 3. The van der Waals surface area contributed by atoms with Gasteiger partial charge in [-0.15, -0.1) is 11.6 Å². The van der Waals surface area contributed by atoms with Crippen LogP contribution in [0.1, 0.15) is 11.4 Å². The molecule has 0 N–H and O–H groups in total. The van der Waals surface area contributed by atoms with Crippen molar-refractivity contribution in [1.29, 1.82) is 0 Å². The van der Waals surface area contributed by atoms with Crippen molar-refractivity contribution in [3.8, 4) is 5.75 Å². The predicted octanol–water partition coefficient (Wildman–Crippen LogP) is 3.23. The molecule has 0 aliphatic rings. The number of fused-ring (bicyclic) bond motifs is 1. The fourth-order valence-corrected chi connectivity index (χ4v) is 2.49. The summed E-state index contributed by atoms with van der Waals surface area (Å²) in [6.45, 7) is 0.717. The van der Waals surface area contributed by atoms with E-state index in [2.05, 4.69) is 14.5 Å². The number of pyridine rings is 1. The Bertz CT molecular complexity index is 725. The second-order valence-electron chi connectivity index (χ2n) is 4.43. The van der Waals surface area contributed by atoms with Gasteiger partial charge in [-0.3, -0.25) is 4.98 Å². The smallest absolute Gasteiger partial charge is 0.146 e. The molecule has 3 rings (SSSR count). The molecule has 0 saturated carbocycles. The lowest BCUT2D eigenvalue weighted by atomic mass is 10.2. The molecular formula is C15H14ClN3O. The van der Waals surface area contributed by atoms with Crippen LogP contribution in [0.25, 0.3) is 11.0 Å². The van der Waals surface area contributed by atoms with Gasteiger partial charge in [-0.25, -0.2) is 4.98 Å². The standard InChI is InChI=1S/C15H14ClN3O/c1-20-13-4-2-3-12-15(13)18-14(9-16)19(12)10-11-5-7-17-8-6-11/h2-8H,9-10H2,1H3. The van der Waals surface area contributed by atoms with E-state index in [9.17, 15) is 0 Å². The fourth-order valence-electron chi connectivity index (χ4n) is 2.28. The second-order valence-corrected chi connectivity index (χ2v) is 4.70. The molecule has 0 bridgehead atoms. The van der Waals surface area contributed by atoms with Crippen molar-refractivity contribution in [1.82, 2.24) is 14.5 Å². The Morgan fingerprint density at radius 2 is 2.00 bits per heavy atom. The summed E-state index contributed by atoms with van der Waals surface area (Å²) in [4.78, 5) is 8.62. The van der Waals surface area contributed by atoms with Crippen LogP contribution in [0.3, 0.4) is 0 Å². The molecule has 5 heteroatoms. The normalized spacial score (nSPS) is 10.9. The van der Waals surface area contributed by atoms with Crippen molar-refractivity contribution in [2.75, 3.05) is 7.11 Å². The van der Waals surface area contributed by atoms with Crippen LogP contribution in [0.15, 0.2) is 42.7 Å². The molecule has 2 heterocycles. The first kappa shape index (κ1) is 12.9. The molecule has 102 valence electrons. The van der Waals surface area contributed by atoms with Gasteiger partial charge in [-0.2, -0.15) is 0 Å². The third-order valence-corrected chi connectivity index (χ3v) is 3.49. The molecule has 3 aromatic rings. The Morgan fingerprint density at radius 1 is 1.20 bits per heavy atom. The molecule has 0 atom stereocenters. The molecule has 4 nitrogen and oxygen atoms in total. The maximum absolute atomic E-state index is 6.03. The summed E-state index contributed by atoms with van der Waals surface area (Å²) in [6, 6.07) is 9.88. The van der Waals surface area contributed by atoms with Gasteiger partial charge in [0, 0.05) is 18.9 Å². The number of aromatic nitrogens is 3. The van der Waals surface area contributed by atoms with E-state index in [1.807, 2.05) is 30.3 Å². The number of para-hydroxylation sites is 1. The molecule has 0 saturated heterocycles. The molecule has 0 unspecified atom stereocenters. The summed E-state index contributed by atoms with van der Waals surface area (Å²) in [5, 5.41) is 0. The van der Waals surface area contributed by atoms with E-state index >= 15 is 0 Å². The molecular weight excluding hydrogens is 274 g/mol. The van der Waals surface area contributed by atoms with Crippen LogP contribution in [-0.4, -0.2) is 21.6 Å². The van der Waals surface area contributed by atoms with Crippen LogP contribution in [0.5, 0.6) is 5.75 Å². The fraction of sp³-hybridized carbons (Fsp3) is 0.200. The van der Waals surface area contributed by atoms with Crippen LogP contribution < -0.4 is 4.74 Å². The first-order valence-corrected chi connectivity index (χ1v) is 6.84. The molecule has 20 heavy (non-hydrogen) atoms. The minimum atomic E-state index is 0.364. The average molecular weight is 288 g/mol. The van der Waals surface area contributed by atoms with Gasteiger partial charge in [-0.1, -0.05) is 6.07 Å². The lowest BCUT2D eigenvalue weighted by Crippen LogP contribution is -2.03. The minimum absolute atomic E-state index is 0.364. The van der Waals surface area contributed by atoms with Gasteiger partial charge in [0.2, 0.25) is 0 Å². The highest BCUT2D eigenvalue weighted by molar-refractivity contribution is 6.16. The molecule has 0 amide bonds. The van der Waals surface area contributed by atoms with Gasteiger partial charge < -0.3 is 9.30 Å². The van der Waals surface area contributed by atoms with E-state index in [0.29, 0.717) is 12.4 Å². The van der Waals surface area contributed by atoms with Gasteiger partial charge in [-0.05, 0) is 29.8 Å². The summed E-state index contributed by atoms with van der Waals surface area (Å²) in [6.07, 6.45) is 3.57. The van der Waals surface area contributed by atoms with E-state index in [4.69, 9.17) is 16.3 Å². The summed E-state index contributed by atoms with van der Waals surface area (Å²) < 4.78 is 7.47. The summed E-state index contributed by atoms with van der Waals surface area (Å²) in [5.74, 6) is 1.97. The molecule has 0 radical (unpaired) electrons. The lowest BCUT2D eigenvalue weighted by molar-refractivity contribution is 0.419. The van der Waals surface area contributed by atoms with Crippen LogP contribution in [0.2, 0.25) is 0 Å². The topological polar surface area (TPSA) is 39.9 Å². The highest BCUT2D eigenvalue weighted by Gasteiger charge is 2.13. The number of ether oxygens (including phenoxy) is 1. The minimum Gasteiger partial charge on any atom is -0.494 e. The quantitative estimate of drug-likeness (QED) is 0.692. The van der Waals surface area contributed by atoms with Gasteiger partial charge in [0.05, 0.1) is 18.5 Å². The molecule has 2 aromatic heterocycles. The number of methoxy groups -OCH3 is 1. The summed E-state index contributed by atoms with van der Waals surface area (Å²) >= 11 is 6.03. The molecule has 0 aliphatic carbocycles. The van der Waals surface area contributed by atoms with E-state index in [1.165, 1.54) is 0 Å². The SMILES string of the molecule is COc1cccc2c1nc(CCl)n2Cc1ccncc1. The Balaban J connectivity index is 2.13. The number of benzene rings is 1. The number of hydrogen-bond acceptors (Lipinski definition) is 3. The van der Waals surface area contributed by atoms with Crippen molar-refractivity contribution in [3.05, 3.63) is 54.1 Å². The number of alkyl halides is 1. The highest BCUT2D eigenvalue weighted by Crippen LogP contribution is 2.27. The van der Waals surface area contributed by atoms with Crippen molar-refractivity contribution >= 4 is 22.6 Å². The number of hydrogen-bond donors (Lipinski definition) is 0. The summed E-state index contributed by atoms with van der Waals surface area (Å²) in [5.41, 5.74) is 3.03. The van der Waals surface area contributed by atoms with Crippen LogP contribution in [0, 0.1) is 0 Å². The van der Waals surface area contributed by atoms with Gasteiger partial charge in [0.15, 0.2) is 0 Å². The number of rotatable bonds is 4. The lowest BCUT2D eigenvalue weighted by Gasteiger charge is -2.08. The molecule has 0 spiro atoms. The van der Waals surface area contributed by atoms with E-state index in [-0.39, 0.29) is 0 Å². The molecule has 0 aliphatic heterocycles. The monoisotopic (exact) mass is 287 g/mol. The third-order valence-electron chi connectivity index (χ3n) is 3.25. The number of imidazole rings is 1. The third kappa shape index (κ3) is 2.23. The van der Waals surface area contributed by atoms with Gasteiger partial charge >= 0.3 is 0 Å². The second kappa shape index (κ2) is 5.51. The largest absolute Gasteiger partial charge is 0.494 e. The first-order valence-electron chi connectivity index (χ1n) is 6.30. The molecule has 0 fully saturated rings. The zero-order chi connectivity index (χ0) is 13.9. The summed E-state index contributed by atoms with van der Waals surface area (Å²) in [7, 11) is 1.65. The average Bonchev–Trinajstić information content (AvgIpc) is 2.86. The van der Waals surface area contributed by atoms with Crippen molar-refractivity contribution in [3.63, 3.8) is 0 Å². The molecule has 1 aromatic carbocycles. The first-order chi connectivity index (χ1) is 9.83. The van der Waals surface area contributed by atoms with Crippen LogP contribution in [-0.2, 0) is 12.4 Å². The maximum atomic E-state index is 6.03. The highest BCUT2D eigenvalue weighted by atomic mass is 35.5. The van der Waals surface area contributed by atoms with E-state index < -0.39 is 0 Å². The zero-order valence-corrected chi connectivity index (χ0v) is 11.8. The van der Waals surface area contributed by atoms with Crippen molar-refractivity contribution in [2.45, 2.75) is 12.4 Å². The van der Waals surface area contributed by atoms with Crippen LogP contribution in [0.4, 0.5) is 0 Å². The van der Waals surface area contributed by atoms with Crippen molar-refractivity contribution < 1.29 is 4.74 Å². The Hall–Kier alpha value is -2.07. The van der Waals surface area contributed by atoms with Crippen LogP contribution >= 0.6 is 11.6 Å².